The fourth-order valence-electron chi connectivity index (χ4n) is 7.14. The monoisotopic (exact) mass is 1030 g/mol. The van der Waals surface area contributed by atoms with E-state index >= 15 is 0 Å². The van der Waals surface area contributed by atoms with Crippen molar-refractivity contribution in [2.75, 3.05) is 30.8 Å². The number of aryl methyl sites for hydroxylation is 2. The zero-order valence-corrected chi connectivity index (χ0v) is 38.4. The number of halogens is 8. The molecule has 6 aromatic heterocycles. The Morgan fingerprint density at radius 2 is 1.29 bits per heavy atom. The Labute approximate surface area is 408 Å². The number of hydrogen-bond acceptors (Lipinski definition) is 15. The van der Waals surface area contributed by atoms with Crippen molar-refractivity contribution in [1.82, 2.24) is 71.0 Å². The molecule has 1 fully saturated rings. The summed E-state index contributed by atoms with van der Waals surface area (Å²) in [5.41, 5.74) is -0.180. The van der Waals surface area contributed by atoms with E-state index in [1.54, 1.807) is 0 Å². The Kier molecular flexibility index (Phi) is 16.9. The number of carbonyl (C=O) groups excluding carboxylic acids is 4. The molecule has 1 aliphatic carbocycles. The van der Waals surface area contributed by atoms with Crippen molar-refractivity contribution in [1.29, 1.82) is 0 Å². The summed E-state index contributed by atoms with van der Waals surface area (Å²) in [6, 6.07) is 10.0. The summed E-state index contributed by atoms with van der Waals surface area (Å²) >= 11 is 0. The molecule has 4 amide bonds. The number of aromatic nitrogens is 12. The summed E-state index contributed by atoms with van der Waals surface area (Å²) in [5, 5.41) is 40.9. The predicted molar refractivity (Wildman–Crippen MR) is 237 cm³/mol. The highest BCUT2D eigenvalue weighted by molar-refractivity contribution is 5.93. The van der Waals surface area contributed by atoms with Crippen LogP contribution in [0.2, 0.25) is 0 Å². The summed E-state index contributed by atoms with van der Waals surface area (Å²) in [4.78, 5) is 58.2. The number of nitrogens with one attached hydrogen (secondary N) is 4. The first-order valence-corrected chi connectivity index (χ1v) is 22.3. The van der Waals surface area contributed by atoms with E-state index in [1.807, 2.05) is 0 Å². The first kappa shape index (κ1) is 52.7. The molecule has 4 N–H and O–H groups in total. The Balaban J connectivity index is 0.819. The third-order valence-electron chi connectivity index (χ3n) is 10.9. The molecular formula is C44H44F8N16O5. The van der Waals surface area contributed by atoms with Gasteiger partial charge in [0.1, 0.15) is 18.1 Å². The maximum atomic E-state index is 15.0. The summed E-state index contributed by atoms with van der Waals surface area (Å²) in [6.07, 6.45) is -8.41. The first-order valence-electron chi connectivity index (χ1n) is 22.3. The summed E-state index contributed by atoms with van der Waals surface area (Å²) in [5.74, 6) is -3.17. The standard InChI is InChI=1S/C44H44F8N16O5/c1-53-41(71)35-21-67(65-61-35)19-26(45)2-4-29-7-9-38(64-60-29)58-40(70)17-31-13-25(44(50,51)52)14-34(56-31)33-12-24(33)18-55-42(72)36-22-68(66-62-36)20-27(46)3-5-28-6-8-37(63-59-28)57-39(69)16-30-15-32(10-11-54-30)73-23-43(47,48)49/h6-11,13-15,21-22,24,26-27,33H,2-5,12,16-20,23H2,1H3,(H,53,71)(H,55,72)(H,57,63,69)(H,58,64,70). The van der Waals surface area contributed by atoms with E-state index in [-0.39, 0.29) is 104 Å². The molecule has 0 aromatic carbocycles. The molecule has 0 bridgehead atoms. The highest BCUT2D eigenvalue weighted by Gasteiger charge is 2.42. The Morgan fingerprint density at radius 1 is 0.712 bits per heavy atom. The lowest BCUT2D eigenvalue weighted by molar-refractivity contribution is -0.153. The lowest BCUT2D eigenvalue weighted by Crippen LogP contribution is -2.26. The van der Waals surface area contributed by atoms with Gasteiger partial charge in [-0.1, -0.05) is 10.4 Å². The van der Waals surface area contributed by atoms with Gasteiger partial charge in [0.15, 0.2) is 29.6 Å². The van der Waals surface area contributed by atoms with Crippen LogP contribution in [-0.4, -0.2) is 123 Å². The lowest BCUT2D eigenvalue weighted by atomic mass is 10.1. The van der Waals surface area contributed by atoms with Crippen LogP contribution in [0.1, 0.15) is 80.2 Å². The number of amides is 4. The Hall–Kier alpha value is -8.14. The topological polar surface area (TPSA) is 264 Å². The van der Waals surface area contributed by atoms with E-state index in [4.69, 9.17) is 0 Å². The molecule has 21 nitrogen and oxygen atoms in total. The minimum absolute atomic E-state index is 0.00957. The fourth-order valence-corrected chi connectivity index (χ4v) is 7.14. The SMILES string of the molecule is CNC(=O)c1cn(CC(F)CCc2ccc(NC(=O)Cc3cc(C(F)(F)F)cc(C4CC4CNC(=O)c4cn(CC(F)CCc5ccc(NC(=O)Cc6cc(OCC(F)(F)F)ccn6)nn5)nn4)n3)nn2)nn1. The van der Waals surface area contributed by atoms with Crippen molar-refractivity contribution in [2.24, 2.45) is 5.92 Å². The lowest BCUT2D eigenvalue weighted by Gasteiger charge is -2.12. The van der Waals surface area contributed by atoms with Crippen LogP contribution in [0, 0.1) is 5.92 Å². The molecule has 4 unspecified atom stereocenters. The number of ether oxygens (including phenoxy) is 1. The second kappa shape index (κ2) is 23.4. The van der Waals surface area contributed by atoms with Crippen molar-refractivity contribution in [2.45, 2.75) is 88.6 Å². The number of alkyl halides is 8. The van der Waals surface area contributed by atoms with Gasteiger partial charge in [0.25, 0.3) is 11.8 Å². The van der Waals surface area contributed by atoms with Crippen molar-refractivity contribution in [3.8, 4) is 5.75 Å². The van der Waals surface area contributed by atoms with Gasteiger partial charge < -0.3 is 26.0 Å². The number of hydrogen-bond donors (Lipinski definition) is 4. The molecule has 386 valence electrons. The van der Waals surface area contributed by atoms with Gasteiger partial charge in [-0.15, -0.1) is 20.4 Å². The molecular weight excluding hydrogens is 985 g/mol. The van der Waals surface area contributed by atoms with Crippen LogP contribution < -0.4 is 26.0 Å². The van der Waals surface area contributed by atoms with Crippen LogP contribution in [0.5, 0.6) is 5.75 Å². The quantitative estimate of drug-likeness (QED) is 0.0649. The number of anilines is 2. The third-order valence-corrected chi connectivity index (χ3v) is 10.9. The molecule has 6 heterocycles. The van der Waals surface area contributed by atoms with Crippen LogP contribution >= 0.6 is 0 Å². The molecule has 1 saturated carbocycles. The van der Waals surface area contributed by atoms with Crippen molar-refractivity contribution in [3.63, 3.8) is 0 Å². The maximum absolute atomic E-state index is 15.0. The number of nitrogens with zero attached hydrogens (tertiary/aromatic N) is 12. The van der Waals surface area contributed by atoms with E-state index < -0.39 is 72.8 Å². The summed E-state index contributed by atoms with van der Waals surface area (Å²) in [6.45, 7) is -1.86. The molecule has 29 heteroatoms. The van der Waals surface area contributed by atoms with E-state index in [9.17, 15) is 54.3 Å². The van der Waals surface area contributed by atoms with Crippen molar-refractivity contribution in [3.05, 3.63) is 113 Å². The summed E-state index contributed by atoms with van der Waals surface area (Å²) in [7, 11) is 1.43. The highest BCUT2D eigenvalue weighted by atomic mass is 19.4. The van der Waals surface area contributed by atoms with Gasteiger partial charge in [0, 0.05) is 37.5 Å². The van der Waals surface area contributed by atoms with Crippen LogP contribution in [0.3, 0.4) is 0 Å². The molecule has 4 atom stereocenters. The van der Waals surface area contributed by atoms with Crippen LogP contribution in [0.4, 0.5) is 46.8 Å². The van der Waals surface area contributed by atoms with Crippen LogP contribution in [0.25, 0.3) is 0 Å². The fraction of sp³-hybridized carbons (Fsp3) is 0.409. The minimum Gasteiger partial charge on any atom is -0.484 e. The van der Waals surface area contributed by atoms with E-state index in [0.29, 0.717) is 17.8 Å². The van der Waals surface area contributed by atoms with Gasteiger partial charge >= 0.3 is 12.4 Å². The van der Waals surface area contributed by atoms with Crippen LogP contribution in [-0.2, 0) is 54.5 Å². The van der Waals surface area contributed by atoms with E-state index in [0.717, 1.165) is 16.8 Å². The van der Waals surface area contributed by atoms with Gasteiger partial charge in [-0.25, -0.2) is 18.1 Å². The second-order valence-electron chi connectivity index (χ2n) is 16.7. The van der Waals surface area contributed by atoms with E-state index in [1.165, 1.54) is 66.7 Å². The molecule has 0 radical (unpaired) electrons. The van der Waals surface area contributed by atoms with Crippen molar-refractivity contribution < 1.29 is 59.0 Å². The maximum Gasteiger partial charge on any atom is 0.422 e. The molecule has 0 aliphatic heterocycles. The molecule has 0 saturated heterocycles. The molecule has 6 aromatic rings. The van der Waals surface area contributed by atoms with Crippen LogP contribution in [0.15, 0.2) is 67.1 Å². The van der Waals surface area contributed by atoms with Gasteiger partial charge in [-0.05, 0) is 80.5 Å². The molecule has 0 spiro atoms. The second-order valence-corrected chi connectivity index (χ2v) is 16.7. The largest absolute Gasteiger partial charge is 0.484 e. The Morgan fingerprint density at radius 3 is 1.82 bits per heavy atom. The molecule has 1 aliphatic rings. The van der Waals surface area contributed by atoms with Gasteiger partial charge in [0.2, 0.25) is 11.8 Å². The highest BCUT2D eigenvalue weighted by Crippen LogP contribution is 2.47. The first-order chi connectivity index (χ1) is 34.7. The number of carbonyl (C=O) groups is 4. The average molecular weight is 1030 g/mol. The third kappa shape index (κ3) is 16.2. The van der Waals surface area contributed by atoms with Gasteiger partial charge in [0.05, 0.1) is 66.7 Å². The average Bonchev–Trinajstić information content (AvgIpc) is 3.71. The van der Waals surface area contributed by atoms with Gasteiger partial charge in [-0.2, -0.15) is 36.5 Å². The van der Waals surface area contributed by atoms with Crippen molar-refractivity contribution >= 4 is 35.3 Å². The zero-order valence-electron chi connectivity index (χ0n) is 38.4. The summed E-state index contributed by atoms with van der Waals surface area (Å²) < 4.78 is 116. The smallest absolute Gasteiger partial charge is 0.422 e. The minimum atomic E-state index is -4.75. The predicted octanol–water partition coefficient (Wildman–Crippen LogP) is 4.40. The molecule has 7 rings (SSSR count). The van der Waals surface area contributed by atoms with Gasteiger partial charge in [-0.3, -0.25) is 29.1 Å². The Bertz CT molecular complexity index is 2870. The number of rotatable bonds is 23. The number of pyridine rings is 2. The van der Waals surface area contributed by atoms with E-state index in [2.05, 4.69) is 77.0 Å². The molecule has 73 heavy (non-hydrogen) atoms. The zero-order chi connectivity index (χ0) is 52.3. The normalized spacial score (nSPS) is 15.2.